The van der Waals surface area contributed by atoms with Crippen LogP contribution in [0.3, 0.4) is 0 Å². The van der Waals surface area contributed by atoms with Crippen molar-refractivity contribution in [1.29, 1.82) is 0 Å². The fourth-order valence-corrected chi connectivity index (χ4v) is 2.51. The van der Waals surface area contributed by atoms with E-state index >= 15 is 0 Å². The molecule has 10 heavy (non-hydrogen) atoms. The molecule has 0 nitrogen and oxygen atoms in total. The van der Waals surface area contributed by atoms with Crippen molar-refractivity contribution in [2.24, 2.45) is 0 Å². The van der Waals surface area contributed by atoms with Gasteiger partial charge in [-0.05, 0) is 0 Å². The molecule has 0 N–H and O–H groups in total. The summed E-state index contributed by atoms with van der Waals surface area (Å²) in [4.78, 5) is 0. The van der Waals surface area contributed by atoms with Crippen molar-refractivity contribution >= 4 is 21.9 Å². The van der Waals surface area contributed by atoms with Gasteiger partial charge in [0.25, 0.3) is 0 Å². The minimum absolute atomic E-state index is 0.647. The van der Waals surface area contributed by atoms with Crippen LogP contribution < -0.4 is 0 Å². The van der Waals surface area contributed by atoms with Gasteiger partial charge in [-0.15, -0.1) is 0 Å². The van der Waals surface area contributed by atoms with Gasteiger partial charge in [0.1, 0.15) is 0 Å². The summed E-state index contributed by atoms with van der Waals surface area (Å²) >= 11 is 3.13. The van der Waals surface area contributed by atoms with Crippen LogP contribution in [0.2, 0.25) is 0 Å². The normalized spacial score (nSPS) is 11.3. The zero-order chi connectivity index (χ0) is 7.66. The van der Waals surface area contributed by atoms with Crippen LogP contribution in [0.5, 0.6) is 0 Å². The van der Waals surface area contributed by atoms with Crippen LogP contribution in [0.1, 0.15) is 45.4 Å². The van der Waals surface area contributed by atoms with Crippen molar-refractivity contribution in [2.75, 3.05) is 6.16 Å². The minimum atomic E-state index is 0.647. The van der Waals surface area contributed by atoms with Crippen molar-refractivity contribution < 1.29 is 0 Å². The molecule has 0 saturated carbocycles. The van der Waals surface area contributed by atoms with E-state index in [9.17, 15) is 0 Å². The van der Waals surface area contributed by atoms with E-state index in [1.807, 2.05) is 0 Å². The molecule has 0 bridgehead atoms. The second-order valence-corrected chi connectivity index (χ2v) is 5.73. The summed E-state index contributed by atoms with van der Waals surface area (Å²) in [5.41, 5.74) is 0. The summed E-state index contributed by atoms with van der Waals surface area (Å²) in [7, 11) is 0. The van der Waals surface area contributed by atoms with Gasteiger partial charge in [0, 0.05) is 0 Å². The maximum absolute atomic E-state index is 3.13. The monoisotopic (exact) mass is 226 g/mol. The number of hydrogen-bond donors (Lipinski definition) is 0. The summed E-state index contributed by atoms with van der Waals surface area (Å²) < 4.78 is 0. The van der Waals surface area contributed by atoms with Gasteiger partial charge >= 0.3 is 73.5 Å². The Bertz CT molecular complexity index is 73.7. The van der Waals surface area contributed by atoms with E-state index in [1.165, 1.54) is 44.7 Å². The standard InChI is InChI=1S/C8H19PSe/c1-2-3-4-5-6-7-8-9-10/h2-9H2,1H3. The summed E-state index contributed by atoms with van der Waals surface area (Å²) in [6, 6.07) is 0. The Morgan fingerprint density at radius 1 is 1.00 bits per heavy atom. The van der Waals surface area contributed by atoms with Crippen LogP contribution in [0.4, 0.5) is 0 Å². The Hall–Kier alpha value is 0.949. The van der Waals surface area contributed by atoms with E-state index in [2.05, 4.69) is 22.0 Å². The molecule has 2 heteroatoms. The third-order valence-electron chi connectivity index (χ3n) is 1.68. The molecule has 0 aliphatic heterocycles. The molecule has 0 radical (unpaired) electrons. The SMILES string of the molecule is CCCCCCCC[PH2]=[Se]. The molecule has 0 aliphatic carbocycles. The first-order valence-electron chi connectivity index (χ1n) is 4.35. The molecule has 0 spiro atoms. The first kappa shape index (κ1) is 10.9. The Balaban J connectivity index is 2.70. The third kappa shape index (κ3) is 8.95. The van der Waals surface area contributed by atoms with Gasteiger partial charge < -0.3 is 0 Å². The van der Waals surface area contributed by atoms with Gasteiger partial charge in [0.2, 0.25) is 0 Å². The molecule has 0 saturated heterocycles. The third-order valence-corrected chi connectivity index (χ3v) is 3.80. The summed E-state index contributed by atoms with van der Waals surface area (Å²) in [5, 5.41) is 0. The molecule has 0 aliphatic rings. The van der Waals surface area contributed by atoms with Crippen LogP contribution in [-0.4, -0.2) is 21.3 Å². The Kier molecular flexibility index (Phi) is 10.9. The van der Waals surface area contributed by atoms with Crippen LogP contribution in [0, 0.1) is 0 Å². The van der Waals surface area contributed by atoms with E-state index in [0.717, 1.165) is 0 Å². The van der Waals surface area contributed by atoms with E-state index in [1.54, 1.807) is 0 Å². The Labute approximate surface area is 73.8 Å². The molecular weight excluding hydrogens is 206 g/mol. The number of hydrogen-bond acceptors (Lipinski definition) is 0. The molecule has 1 unspecified atom stereocenters. The molecule has 0 aromatic carbocycles. The molecule has 62 valence electrons. The van der Waals surface area contributed by atoms with Crippen molar-refractivity contribution in [3.8, 4) is 0 Å². The van der Waals surface area contributed by atoms with Crippen molar-refractivity contribution in [3.05, 3.63) is 0 Å². The average molecular weight is 225 g/mol. The van der Waals surface area contributed by atoms with E-state index in [4.69, 9.17) is 0 Å². The molecular formula is C8H19PSe. The van der Waals surface area contributed by atoms with E-state index < -0.39 is 0 Å². The molecule has 0 aromatic heterocycles. The molecule has 0 aromatic rings. The van der Waals surface area contributed by atoms with E-state index in [0.29, 0.717) is 6.83 Å². The second kappa shape index (κ2) is 9.95. The topological polar surface area (TPSA) is 0 Å². The Morgan fingerprint density at radius 3 is 2.20 bits per heavy atom. The fraction of sp³-hybridized carbons (Fsp3) is 1.00. The molecule has 0 heterocycles. The molecule has 0 rings (SSSR count). The van der Waals surface area contributed by atoms with Crippen LogP contribution in [0.15, 0.2) is 0 Å². The molecule has 1 atom stereocenters. The summed E-state index contributed by atoms with van der Waals surface area (Å²) in [6.45, 7) is 2.92. The van der Waals surface area contributed by atoms with Crippen molar-refractivity contribution in [1.82, 2.24) is 0 Å². The Morgan fingerprint density at radius 2 is 1.60 bits per heavy atom. The van der Waals surface area contributed by atoms with Crippen molar-refractivity contribution in [3.63, 3.8) is 0 Å². The molecule has 0 amide bonds. The second-order valence-electron chi connectivity index (χ2n) is 2.72. The van der Waals surface area contributed by atoms with Crippen LogP contribution in [-0.2, 0) is 0 Å². The zero-order valence-electron chi connectivity index (χ0n) is 6.94. The van der Waals surface area contributed by atoms with Gasteiger partial charge in [0.05, 0.1) is 0 Å². The summed E-state index contributed by atoms with van der Waals surface area (Å²) in [6.07, 6.45) is 10.1. The zero-order valence-corrected chi connectivity index (χ0v) is 9.80. The first-order valence-corrected chi connectivity index (χ1v) is 8.61. The van der Waals surface area contributed by atoms with Crippen LogP contribution in [0.25, 0.3) is 0 Å². The van der Waals surface area contributed by atoms with Gasteiger partial charge in [-0.2, -0.15) is 0 Å². The quantitative estimate of drug-likeness (QED) is 0.355. The number of rotatable bonds is 7. The van der Waals surface area contributed by atoms with Crippen molar-refractivity contribution in [2.45, 2.75) is 45.4 Å². The van der Waals surface area contributed by atoms with Gasteiger partial charge in [0.15, 0.2) is 0 Å². The predicted molar refractivity (Wildman–Crippen MR) is 53.7 cm³/mol. The number of unbranched alkanes of at least 4 members (excludes halogenated alkanes) is 5. The van der Waals surface area contributed by atoms with Crippen LogP contribution >= 0.6 is 6.83 Å². The van der Waals surface area contributed by atoms with Gasteiger partial charge in [-0.3, -0.25) is 0 Å². The summed E-state index contributed by atoms with van der Waals surface area (Å²) in [5.74, 6) is 0. The average Bonchev–Trinajstić information content (AvgIpc) is 1.97. The maximum atomic E-state index is 3.13. The van der Waals surface area contributed by atoms with Gasteiger partial charge in [-0.1, -0.05) is 0 Å². The predicted octanol–water partition coefficient (Wildman–Crippen LogP) is 2.84. The van der Waals surface area contributed by atoms with E-state index in [-0.39, 0.29) is 0 Å². The van der Waals surface area contributed by atoms with Gasteiger partial charge in [-0.25, -0.2) is 0 Å². The first-order chi connectivity index (χ1) is 4.91. The fourth-order valence-electron chi connectivity index (χ4n) is 1.01. The molecule has 0 fully saturated rings.